The quantitative estimate of drug-likeness (QED) is 0.292. The molecule has 1 atom stereocenters. The second kappa shape index (κ2) is 13.2. The molecule has 0 saturated carbocycles. The largest absolute Gasteiger partial charge is 0.496 e. The number of rotatable bonds is 13. The third kappa shape index (κ3) is 6.20. The van der Waals surface area contributed by atoms with Crippen LogP contribution in [0.4, 0.5) is 0 Å². The molecule has 3 aromatic rings. The van der Waals surface area contributed by atoms with Crippen LogP contribution in [0.2, 0.25) is 0 Å². The van der Waals surface area contributed by atoms with Gasteiger partial charge in [0.2, 0.25) is 0 Å². The molecule has 1 unspecified atom stereocenters. The van der Waals surface area contributed by atoms with Crippen LogP contribution >= 0.6 is 11.3 Å². The third-order valence-corrected chi connectivity index (χ3v) is 8.33. The summed E-state index contributed by atoms with van der Waals surface area (Å²) in [5.41, 5.74) is 3.73. The van der Waals surface area contributed by atoms with Gasteiger partial charge in [-0.1, -0.05) is 6.07 Å². The molecule has 38 heavy (non-hydrogen) atoms. The van der Waals surface area contributed by atoms with Crippen LogP contribution in [0.5, 0.6) is 28.7 Å². The predicted molar refractivity (Wildman–Crippen MR) is 153 cm³/mol. The van der Waals surface area contributed by atoms with Gasteiger partial charge in [0.15, 0.2) is 11.5 Å². The van der Waals surface area contributed by atoms with Crippen molar-refractivity contribution in [2.75, 3.05) is 68.8 Å². The fourth-order valence-corrected chi connectivity index (χ4v) is 6.21. The molecule has 206 valence electrons. The van der Waals surface area contributed by atoms with Crippen LogP contribution in [-0.4, -0.2) is 78.6 Å². The molecule has 8 heteroatoms. The minimum Gasteiger partial charge on any atom is -0.496 e. The van der Waals surface area contributed by atoms with Crippen LogP contribution in [0, 0.1) is 0 Å². The summed E-state index contributed by atoms with van der Waals surface area (Å²) in [5, 5.41) is 2.22. The molecule has 0 amide bonds. The second-order valence-electron chi connectivity index (χ2n) is 9.52. The molecule has 1 aliphatic heterocycles. The van der Waals surface area contributed by atoms with Crippen LogP contribution in [-0.2, 0) is 12.8 Å². The van der Waals surface area contributed by atoms with Crippen molar-refractivity contribution >= 4 is 11.3 Å². The van der Waals surface area contributed by atoms with E-state index in [-0.39, 0.29) is 6.04 Å². The van der Waals surface area contributed by atoms with E-state index in [1.807, 2.05) is 29.5 Å². The number of hydrogen-bond donors (Lipinski definition) is 0. The average Bonchev–Trinajstić information content (AvgIpc) is 3.44. The van der Waals surface area contributed by atoms with Crippen LogP contribution < -0.4 is 23.7 Å². The molecule has 0 aliphatic carbocycles. The smallest absolute Gasteiger partial charge is 0.161 e. The summed E-state index contributed by atoms with van der Waals surface area (Å²) in [6.45, 7) is 3.99. The van der Waals surface area contributed by atoms with E-state index in [1.54, 1.807) is 35.5 Å². The van der Waals surface area contributed by atoms with Crippen molar-refractivity contribution in [3.8, 4) is 28.7 Å². The van der Waals surface area contributed by atoms with Gasteiger partial charge in [-0.15, -0.1) is 11.3 Å². The van der Waals surface area contributed by atoms with Gasteiger partial charge in [0.1, 0.15) is 17.2 Å². The monoisotopic (exact) mass is 540 g/mol. The lowest BCUT2D eigenvalue weighted by Crippen LogP contribution is -2.37. The SMILES string of the molecule is COc1cc(OC)c(CCN(C)CCCN2CCc3sccc3C2c2ccc(OC)c(OC)c2)c(OC)c1. The molecule has 0 N–H and O–H groups in total. The fraction of sp³-hybridized carbons (Fsp3) is 0.467. The van der Waals surface area contributed by atoms with Crippen molar-refractivity contribution in [1.29, 1.82) is 0 Å². The molecule has 0 saturated heterocycles. The molecule has 7 nitrogen and oxygen atoms in total. The lowest BCUT2D eigenvalue weighted by Gasteiger charge is -2.37. The van der Waals surface area contributed by atoms with E-state index >= 15 is 0 Å². The molecule has 0 spiro atoms. The lowest BCUT2D eigenvalue weighted by molar-refractivity contribution is 0.199. The first-order valence-electron chi connectivity index (χ1n) is 13.0. The Morgan fingerprint density at radius 2 is 1.55 bits per heavy atom. The fourth-order valence-electron chi connectivity index (χ4n) is 5.30. The Labute approximate surface area is 230 Å². The maximum absolute atomic E-state index is 5.63. The van der Waals surface area contributed by atoms with Gasteiger partial charge in [-0.25, -0.2) is 0 Å². The highest BCUT2D eigenvalue weighted by Crippen LogP contribution is 2.40. The molecule has 1 aromatic heterocycles. The summed E-state index contributed by atoms with van der Waals surface area (Å²) >= 11 is 1.87. The Balaban J connectivity index is 1.40. The van der Waals surface area contributed by atoms with Crippen molar-refractivity contribution in [3.63, 3.8) is 0 Å². The van der Waals surface area contributed by atoms with E-state index in [4.69, 9.17) is 23.7 Å². The number of nitrogens with zero attached hydrogens (tertiary/aromatic N) is 2. The van der Waals surface area contributed by atoms with Crippen molar-refractivity contribution in [3.05, 3.63) is 63.3 Å². The minimum absolute atomic E-state index is 0.225. The molecule has 0 fully saturated rings. The number of ether oxygens (including phenoxy) is 5. The highest BCUT2D eigenvalue weighted by molar-refractivity contribution is 7.10. The summed E-state index contributed by atoms with van der Waals surface area (Å²) < 4.78 is 27.7. The van der Waals surface area contributed by atoms with E-state index in [1.165, 1.54) is 16.0 Å². The number of methoxy groups -OCH3 is 5. The molecule has 0 radical (unpaired) electrons. The van der Waals surface area contributed by atoms with E-state index in [2.05, 4.69) is 40.4 Å². The van der Waals surface area contributed by atoms with Gasteiger partial charge in [0, 0.05) is 42.2 Å². The number of fused-ring (bicyclic) bond motifs is 1. The Kier molecular flexibility index (Phi) is 9.77. The molecule has 4 rings (SSSR count). The number of likely N-dealkylation sites (N-methyl/N-ethyl adjacent to an activating group) is 1. The zero-order valence-corrected chi connectivity index (χ0v) is 24.2. The summed E-state index contributed by atoms with van der Waals surface area (Å²) in [4.78, 5) is 6.48. The van der Waals surface area contributed by atoms with Gasteiger partial charge in [0.25, 0.3) is 0 Å². The van der Waals surface area contributed by atoms with E-state index in [0.717, 1.165) is 79.8 Å². The van der Waals surface area contributed by atoms with Gasteiger partial charge in [-0.2, -0.15) is 0 Å². The average molecular weight is 541 g/mol. The summed E-state index contributed by atoms with van der Waals surface area (Å²) in [6, 6.07) is 12.7. The molecule has 0 bridgehead atoms. The maximum Gasteiger partial charge on any atom is 0.161 e. The maximum atomic E-state index is 5.63. The topological polar surface area (TPSA) is 52.6 Å². The predicted octanol–water partition coefficient (Wildman–Crippen LogP) is 5.30. The Morgan fingerprint density at radius 1 is 0.842 bits per heavy atom. The van der Waals surface area contributed by atoms with Crippen LogP contribution in [0.1, 0.15) is 34.0 Å². The van der Waals surface area contributed by atoms with Gasteiger partial charge in [-0.3, -0.25) is 4.90 Å². The van der Waals surface area contributed by atoms with E-state index in [0.29, 0.717) is 0 Å². The summed E-state index contributed by atoms with van der Waals surface area (Å²) in [5.74, 6) is 3.86. The number of hydrogen-bond acceptors (Lipinski definition) is 8. The van der Waals surface area contributed by atoms with E-state index in [9.17, 15) is 0 Å². The first-order valence-corrected chi connectivity index (χ1v) is 13.9. The van der Waals surface area contributed by atoms with Crippen LogP contribution in [0.15, 0.2) is 41.8 Å². The van der Waals surface area contributed by atoms with E-state index < -0.39 is 0 Å². The van der Waals surface area contributed by atoms with Crippen molar-refractivity contribution < 1.29 is 23.7 Å². The first kappa shape index (κ1) is 28.1. The minimum atomic E-state index is 0.225. The van der Waals surface area contributed by atoms with Crippen molar-refractivity contribution in [2.24, 2.45) is 0 Å². The number of benzene rings is 2. The highest BCUT2D eigenvalue weighted by atomic mass is 32.1. The van der Waals surface area contributed by atoms with Crippen molar-refractivity contribution in [1.82, 2.24) is 9.80 Å². The molecular formula is C30H40N2O5S. The van der Waals surface area contributed by atoms with Gasteiger partial charge in [0.05, 0.1) is 41.6 Å². The molecular weight excluding hydrogens is 500 g/mol. The van der Waals surface area contributed by atoms with Crippen molar-refractivity contribution in [2.45, 2.75) is 25.3 Å². The molecule has 2 heterocycles. The van der Waals surface area contributed by atoms with Gasteiger partial charge >= 0.3 is 0 Å². The summed E-state index contributed by atoms with van der Waals surface area (Å²) in [7, 11) is 10.6. The Hall–Kier alpha value is -2.94. The zero-order valence-electron chi connectivity index (χ0n) is 23.4. The molecule has 1 aliphatic rings. The second-order valence-corrected chi connectivity index (χ2v) is 10.5. The Bertz CT molecular complexity index is 1170. The zero-order chi connectivity index (χ0) is 27.1. The van der Waals surface area contributed by atoms with Gasteiger partial charge in [-0.05, 0) is 67.6 Å². The highest BCUT2D eigenvalue weighted by Gasteiger charge is 2.30. The lowest BCUT2D eigenvalue weighted by atomic mass is 9.93. The van der Waals surface area contributed by atoms with Crippen LogP contribution in [0.25, 0.3) is 0 Å². The standard InChI is InChI=1S/C30H40N2O5S/c1-31(15-10-23-26(35-4)19-22(33-2)20-27(23)36-5)13-7-14-32-16-11-29-24(12-17-38-29)30(32)21-8-9-25(34-3)28(18-21)37-6/h8-9,12,17-20,30H,7,10-11,13-16H2,1-6H3. The Morgan fingerprint density at radius 3 is 2.21 bits per heavy atom. The normalized spacial score (nSPS) is 15.3. The summed E-state index contributed by atoms with van der Waals surface area (Å²) in [6.07, 6.45) is 3.02. The molecule has 2 aromatic carbocycles. The third-order valence-electron chi connectivity index (χ3n) is 7.33. The number of thiophene rings is 1. The first-order chi connectivity index (χ1) is 18.5. The van der Waals surface area contributed by atoms with Gasteiger partial charge < -0.3 is 28.6 Å². The van der Waals surface area contributed by atoms with Crippen LogP contribution in [0.3, 0.4) is 0 Å².